The summed E-state index contributed by atoms with van der Waals surface area (Å²) >= 11 is 6.48. The maximum absolute atomic E-state index is 12.9. The zero-order valence-electron chi connectivity index (χ0n) is 18.2. The number of likely N-dealkylation sites (tertiary alicyclic amines) is 1. The number of fused-ring (bicyclic) bond motifs is 2. The fourth-order valence-electron chi connectivity index (χ4n) is 5.59. The topological polar surface area (TPSA) is 80.1 Å². The fourth-order valence-corrected chi connectivity index (χ4v) is 5.79. The summed E-state index contributed by atoms with van der Waals surface area (Å²) in [5.74, 6) is 1.46. The first-order valence-electron chi connectivity index (χ1n) is 11.0. The van der Waals surface area contributed by atoms with Crippen LogP contribution in [-0.2, 0) is 22.6 Å². The van der Waals surface area contributed by atoms with Gasteiger partial charge >= 0.3 is 0 Å². The van der Waals surface area contributed by atoms with Crippen LogP contribution in [0.1, 0.15) is 39.3 Å². The molecule has 2 amide bonds. The van der Waals surface area contributed by atoms with Gasteiger partial charge in [0.25, 0.3) is 0 Å². The van der Waals surface area contributed by atoms with Crippen molar-refractivity contribution in [1.82, 2.24) is 19.7 Å². The van der Waals surface area contributed by atoms with Gasteiger partial charge in [0.2, 0.25) is 11.8 Å². The van der Waals surface area contributed by atoms with E-state index in [4.69, 9.17) is 11.6 Å². The van der Waals surface area contributed by atoms with Crippen molar-refractivity contribution in [3.63, 3.8) is 0 Å². The van der Waals surface area contributed by atoms with Crippen LogP contribution in [0.25, 0.3) is 11.1 Å². The van der Waals surface area contributed by atoms with E-state index in [1.54, 1.807) is 13.1 Å². The predicted octanol–water partition coefficient (Wildman–Crippen LogP) is 3.62. The average Bonchev–Trinajstić information content (AvgIpc) is 3.41. The first-order valence-corrected chi connectivity index (χ1v) is 11.3. The molecule has 2 fully saturated rings. The van der Waals surface area contributed by atoms with E-state index in [2.05, 4.69) is 29.2 Å². The highest BCUT2D eigenvalue weighted by molar-refractivity contribution is 6.33. The minimum absolute atomic E-state index is 0.00548. The highest BCUT2D eigenvalue weighted by Gasteiger charge is 2.44. The van der Waals surface area contributed by atoms with E-state index in [0.29, 0.717) is 22.7 Å². The van der Waals surface area contributed by atoms with Crippen molar-refractivity contribution in [3.05, 3.63) is 29.2 Å². The molecule has 8 heteroatoms. The highest BCUT2D eigenvalue weighted by atomic mass is 35.5. The first kappa shape index (κ1) is 20.5. The predicted molar refractivity (Wildman–Crippen MR) is 119 cm³/mol. The maximum Gasteiger partial charge on any atom is 0.228 e. The molecular formula is C23H28ClN5O2. The lowest BCUT2D eigenvalue weighted by Gasteiger charge is -2.17. The third kappa shape index (κ3) is 3.73. The molecule has 1 saturated carbocycles. The van der Waals surface area contributed by atoms with Crippen LogP contribution in [0.4, 0.5) is 5.82 Å². The summed E-state index contributed by atoms with van der Waals surface area (Å²) in [4.78, 5) is 30.8. The summed E-state index contributed by atoms with van der Waals surface area (Å²) in [5.41, 5.74) is 3.21. The van der Waals surface area contributed by atoms with Crippen LogP contribution in [0.3, 0.4) is 0 Å². The van der Waals surface area contributed by atoms with E-state index in [1.165, 1.54) is 5.69 Å². The number of anilines is 1. The number of hydrogen-bond donors (Lipinski definition) is 1. The molecule has 7 nitrogen and oxygen atoms in total. The van der Waals surface area contributed by atoms with Crippen molar-refractivity contribution < 1.29 is 9.59 Å². The number of nitrogens with one attached hydrogen (secondary N) is 1. The Morgan fingerprint density at radius 2 is 1.87 bits per heavy atom. The summed E-state index contributed by atoms with van der Waals surface area (Å²) in [7, 11) is 0. The van der Waals surface area contributed by atoms with E-state index >= 15 is 0 Å². The molecule has 1 saturated heterocycles. The molecule has 0 unspecified atom stereocenters. The molecule has 0 bridgehead atoms. The van der Waals surface area contributed by atoms with Gasteiger partial charge in [0, 0.05) is 55.5 Å². The minimum atomic E-state index is -0.0359. The van der Waals surface area contributed by atoms with E-state index in [1.807, 2.05) is 21.8 Å². The van der Waals surface area contributed by atoms with Gasteiger partial charge in [0.1, 0.15) is 5.82 Å². The molecular weight excluding hydrogens is 414 g/mol. The van der Waals surface area contributed by atoms with Gasteiger partial charge < -0.3 is 10.2 Å². The molecule has 1 aliphatic carbocycles. The second kappa shape index (κ2) is 7.33. The molecule has 31 heavy (non-hydrogen) atoms. The summed E-state index contributed by atoms with van der Waals surface area (Å²) < 4.78 is 2.05. The molecule has 2 aromatic heterocycles. The van der Waals surface area contributed by atoms with Gasteiger partial charge in [-0.05, 0) is 42.6 Å². The summed E-state index contributed by atoms with van der Waals surface area (Å²) in [6.07, 6.45) is 6.05. The van der Waals surface area contributed by atoms with Crippen LogP contribution >= 0.6 is 11.6 Å². The molecule has 2 aliphatic heterocycles. The second-order valence-electron chi connectivity index (χ2n) is 10.2. The van der Waals surface area contributed by atoms with Gasteiger partial charge in [-0.25, -0.2) is 4.98 Å². The van der Waals surface area contributed by atoms with Crippen molar-refractivity contribution >= 4 is 29.2 Å². The Morgan fingerprint density at radius 1 is 1.16 bits per heavy atom. The number of nitrogens with zero attached hydrogens (tertiary/aromatic N) is 4. The van der Waals surface area contributed by atoms with Gasteiger partial charge in [-0.1, -0.05) is 25.4 Å². The normalized spacial score (nSPS) is 26.1. The Bertz CT molecular complexity index is 1050. The molecule has 0 radical (unpaired) electrons. The molecule has 5 rings (SSSR count). The molecule has 3 aliphatic rings. The Labute approximate surface area is 187 Å². The molecule has 3 atom stereocenters. The number of carbonyl (C=O) groups is 2. The van der Waals surface area contributed by atoms with E-state index in [0.717, 1.165) is 50.0 Å². The third-order valence-corrected chi connectivity index (χ3v) is 7.44. The summed E-state index contributed by atoms with van der Waals surface area (Å²) in [5, 5.41) is 8.09. The summed E-state index contributed by atoms with van der Waals surface area (Å²) in [6.45, 7) is 8.52. The standard InChI is InChI=1S/C23H28ClN5O2/c1-13(30)28-10-15-4-14(5-16(15)11-28)22(31)27-21-6-17(19(24)9-25-21)18-8-26-29-12-23(2,3)7-20(18)29/h6,8-9,14-16H,4-5,7,10-12H2,1-3H3,(H,25,27,31)/t14-,15+,16-. The lowest BCUT2D eigenvalue weighted by atomic mass is 9.89. The van der Waals surface area contributed by atoms with E-state index in [9.17, 15) is 9.59 Å². The van der Waals surface area contributed by atoms with Crippen LogP contribution in [0.5, 0.6) is 0 Å². The number of pyridine rings is 1. The smallest absolute Gasteiger partial charge is 0.228 e. The zero-order chi connectivity index (χ0) is 21.9. The second-order valence-corrected chi connectivity index (χ2v) is 10.6. The molecule has 1 N–H and O–H groups in total. The zero-order valence-corrected chi connectivity index (χ0v) is 18.9. The monoisotopic (exact) mass is 441 g/mol. The van der Waals surface area contributed by atoms with Crippen molar-refractivity contribution in [2.24, 2.45) is 23.2 Å². The van der Waals surface area contributed by atoms with Crippen LogP contribution < -0.4 is 5.32 Å². The lowest BCUT2D eigenvalue weighted by Crippen LogP contribution is -2.29. The number of hydrogen-bond acceptors (Lipinski definition) is 4. The van der Waals surface area contributed by atoms with Crippen molar-refractivity contribution in [2.45, 2.75) is 46.6 Å². The van der Waals surface area contributed by atoms with Crippen molar-refractivity contribution in [1.29, 1.82) is 0 Å². The molecule has 0 spiro atoms. The van der Waals surface area contributed by atoms with Crippen LogP contribution in [0.15, 0.2) is 18.5 Å². The van der Waals surface area contributed by atoms with Gasteiger partial charge in [-0.3, -0.25) is 14.3 Å². The van der Waals surface area contributed by atoms with Crippen LogP contribution in [-0.4, -0.2) is 44.6 Å². The average molecular weight is 442 g/mol. The highest BCUT2D eigenvalue weighted by Crippen LogP contribution is 2.42. The van der Waals surface area contributed by atoms with Gasteiger partial charge in [-0.15, -0.1) is 0 Å². The first-order chi connectivity index (χ1) is 14.7. The molecule has 164 valence electrons. The van der Waals surface area contributed by atoms with Gasteiger partial charge in [0.05, 0.1) is 11.2 Å². The molecule has 2 aromatic rings. The maximum atomic E-state index is 12.9. The Kier molecular flexibility index (Phi) is 4.84. The van der Waals surface area contributed by atoms with Crippen molar-refractivity contribution in [3.8, 4) is 11.1 Å². The SMILES string of the molecule is CC(=O)N1C[C@H]2C[C@H](C(=O)Nc3cc(-c4cnn5c4CC(C)(C)C5)c(Cl)cn3)C[C@H]2C1. The number of aromatic nitrogens is 3. The Hall–Kier alpha value is -2.41. The number of rotatable bonds is 3. The third-order valence-electron chi connectivity index (χ3n) is 7.14. The van der Waals surface area contributed by atoms with Gasteiger partial charge in [0.15, 0.2) is 0 Å². The number of halogens is 1. The van der Waals surface area contributed by atoms with E-state index in [-0.39, 0.29) is 23.1 Å². The molecule has 4 heterocycles. The van der Waals surface area contributed by atoms with Crippen LogP contribution in [0.2, 0.25) is 5.02 Å². The fraction of sp³-hybridized carbons (Fsp3) is 0.565. The minimum Gasteiger partial charge on any atom is -0.342 e. The van der Waals surface area contributed by atoms with Crippen molar-refractivity contribution in [2.75, 3.05) is 18.4 Å². The largest absolute Gasteiger partial charge is 0.342 e. The molecule has 0 aromatic carbocycles. The quantitative estimate of drug-likeness (QED) is 0.788. The Morgan fingerprint density at radius 3 is 2.55 bits per heavy atom. The van der Waals surface area contributed by atoms with E-state index < -0.39 is 0 Å². The van der Waals surface area contributed by atoms with Gasteiger partial charge in [-0.2, -0.15) is 5.10 Å². The van der Waals surface area contributed by atoms with Crippen LogP contribution in [0, 0.1) is 23.2 Å². The number of amides is 2. The Balaban J connectivity index is 1.30. The summed E-state index contributed by atoms with van der Waals surface area (Å²) in [6, 6.07) is 1.86. The lowest BCUT2D eigenvalue weighted by molar-refractivity contribution is -0.128. The number of carbonyl (C=O) groups excluding carboxylic acids is 2.